The molecule has 3 atom stereocenters. The topological polar surface area (TPSA) is 96.3 Å². The minimum atomic E-state index is -1.84. The third-order valence-corrected chi connectivity index (χ3v) is 5.51. The predicted molar refractivity (Wildman–Crippen MR) is 117 cm³/mol. The maximum Gasteiger partial charge on any atom is 0.336 e. The number of nitrogens with zero attached hydrogens (tertiary/aromatic N) is 1. The second-order valence-corrected chi connectivity index (χ2v) is 7.70. The van der Waals surface area contributed by atoms with Crippen LogP contribution in [0.25, 0.3) is 0 Å². The molecule has 0 aliphatic carbocycles. The highest BCUT2D eigenvalue weighted by Crippen LogP contribution is 2.33. The number of carboxylic acids is 2. The van der Waals surface area contributed by atoms with Gasteiger partial charge in [-0.2, -0.15) is 0 Å². The Hall–Kier alpha value is -2.90. The van der Waals surface area contributed by atoms with Crippen molar-refractivity contribution in [2.75, 3.05) is 21.2 Å². The van der Waals surface area contributed by atoms with Gasteiger partial charge in [0.15, 0.2) is 11.8 Å². The van der Waals surface area contributed by atoms with E-state index < -0.39 is 29.7 Å². The first-order chi connectivity index (χ1) is 14.8. The van der Waals surface area contributed by atoms with Gasteiger partial charge < -0.3 is 19.7 Å². The number of benzene rings is 2. The molecule has 2 rings (SSSR count). The van der Waals surface area contributed by atoms with Gasteiger partial charge in [0.05, 0.1) is 5.92 Å². The molecule has 2 aromatic carbocycles. The Morgan fingerprint density at radius 1 is 0.968 bits per heavy atom. The molecule has 2 aromatic rings. The Morgan fingerprint density at radius 2 is 1.55 bits per heavy atom. The molecule has 31 heavy (non-hydrogen) atoms. The molecule has 0 amide bonds. The second kappa shape index (κ2) is 11.5. The van der Waals surface area contributed by atoms with E-state index in [1.165, 1.54) is 7.11 Å². The molecule has 0 bridgehead atoms. The van der Waals surface area contributed by atoms with Crippen molar-refractivity contribution in [1.29, 1.82) is 0 Å². The Bertz CT molecular complexity index is 826. The summed E-state index contributed by atoms with van der Waals surface area (Å²) in [6.45, 7) is 0. The van der Waals surface area contributed by atoms with Crippen LogP contribution in [0.5, 0.6) is 5.75 Å². The number of aryl methyl sites for hydroxylation is 1. The van der Waals surface area contributed by atoms with Crippen LogP contribution in [0.15, 0.2) is 60.7 Å². The predicted octanol–water partition coefficient (Wildman–Crippen LogP) is 3.54. The highest BCUT2D eigenvalue weighted by molar-refractivity contribution is 5.86. The molecule has 0 radical (unpaired) electrons. The highest BCUT2D eigenvalue weighted by atomic mass is 16.5. The summed E-state index contributed by atoms with van der Waals surface area (Å²) in [5.41, 5.74) is -0.918. The van der Waals surface area contributed by atoms with Gasteiger partial charge in [0, 0.05) is 7.11 Å². The van der Waals surface area contributed by atoms with Crippen LogP contribution in [-0.4, -0.2) is 60.1 Å². The Morgan fingerprint density at radius 3 is 2.03 bits per heavy atom. The molecule has 7 nitrogen and oxygen atoms in total. The fourth-order valence-corrected chi connectivity index (χ4v) is 3.68. The standard InChI is InChI=1S/C24H31NO6/c1-25(2)21(31-19-12-8-5-9-13-19)15-14-20(22(26)27)24(30-3,23(28)29)17-16-18-10-6-4-7-11-18/h4-13,20-21H,14-17H2,1-3H3,(H,26,27)(H,28,29). The lowest BCUT2D eigenvalue weighted by Gasteiger charge is -2.35. The molecule has 0 saturated heterocycles. The van der Waals surface area contributed by atoms with Crippen LogP contribution in [0.1, 0.15) is 24.8 Å². The molecule has 0 aliphatic heterocycles. The minimum Gasteiger partial charge on any atom is -0.481 e. The molecule has 0 aromatic heterocycles. The maximum atomic E-state index is 12.3. The van der Waals surface area contributed by atoms with E-state index in [9.17, 15) is 19.8 Å². The molecular weight excluding hydrogens is 398 g/mol. The fourth-order valence-electron chi connectivity index (χ4n) is 3.68. The van der Waals surface area contributed by atoms with Crippen molar-refractivity contribution in [1.82, 2.24) is 4.90 Å². The lowest BCUT2D eigenvalue weighted by atomic mass is 9.79. The molecule has 2 N–H and O–H groups in total. The molecule has 0 heterocycles. The van der Waals surface area contributed by atoms with E-state index >= 15 is 0 Å². The van der Waals surface area contributed by atoms with Crippen molar-refractivity contribution in [2.45, 2.75) is 37.5 Å². The highest BCUT2D eigenvalue weighted by Gasteiger charge is 2.50. The number of para-hydroxylation sites is 1. The first kappa shape index (κ1) is 24.4. The molecule has 0 fully saturated rings. The van der Waals surface area contributed by atoms with E-state index in [4.69, 9.17) is 9.47 Å². The van der Waals surface area contributed by atoms with Gasteiger partial charge >= 0.3 is 11.9 Å². The summed E-state index contributed by atoms with van der Waals surface area (Å²) in [6, 6.07) is 18.6. The zero-order chi connectivity index (χ0) is 22.9. The number of methoxy groups -OCH3 is 1. The Kier molecular flexibility index (Phi) is 9.03. The van der Waals surface area contributed by atoms with E-state index in [1.807, 2.05) is 79.7 Å². The summed E-state index contributed by atoms with van der Waals surface area (Å²) < 4.78 is 11.4. The van der Waals surface area contributed by atoms with Crippen LogP contribution in [-0.2, 0) is 20.7 Å². The van der Waals surface area contributed by atoms with Gasteiger partial charge in [0.25, 0.3) is 0 Å². The number of hydrogen-bond donors (Lipinski definition) is 2. The minimum absolute atomic E-state index is 0.0476. The average molecular weight is 430 g/mol. The van der Waals surface area contributed by atoms with Crippen molar-refractivity contribution in [3.8, 4) is 5.75 Å². The van der Waals surface area contributed by atoms with Crippen LogP contribution in [0.4, 0.5) is 0 Å². The molecule has 0 saturated carbocycles. The SMILES string of the molecule is COC(CCc1ccccc1)(C(=O)O)C(CCC(Oc1ccccc1)N(C)C)C(=O)O. The number of ether oxygens (including phenoxy) is 2. The van der Waals surface area contributed by atoms with Crippen molar-refractivity contribution >= 4 is 11.9 Å². The quantitative estimate of drug-likeness (QED) is 0.470. The second-order valence-electron chi connectivity index (χ2n) is 7.70. The van der Waals surface area contributed by atoms with E-state index in [0.717, 1.165) is 5.56 Å². The Labute approximate surface area is 183 Å². The van der Waals surface area contributed by atoms with E-state index in [2.05, 4.69) is 0 Å². The zero-order valence-electron chi connectivity index (χ0n) is 18.2. The third kappa shape index (κ3) is 6.54. The van der Waals surface area contributed by atoms with Crippen molar-refractivity contribution in [3.05, 3.63) is 66.2 Å². The third-order valence-electron chi connectivity index (χ3n) is 5.51. The van der Waals surface area contributed by atoms with Gasteiger partial charge in [0.2, 0.25) is 0 Å². The molecular formula is C24H31NO6. The van der Waals surface area contributed by atoms with Gasteiger partial charge in [-0.05, 0) is 57.5 Å². The number of rotatable bonds is 13. The zero-order valence-corrected chi connectivity index (χ0v) is 18.2. The summed E-state index contributed by atoms with van der Waals surface area (Å²) in [6.07, 6.45) is 0.429. The van der Waals surface area contributed by atoms with Crippen LogP contribution in [0.3, 0.4) is 0 Å². The lowest BCUT2D eigenvalue weighted by molar-refractivity contribution is -0.181. The van der Waals surface area contributed by atoms with Crippen LogP contribution in [0.2, 0.25) is 0 Å². The molecule has 0 spiro atoms. The number of carbonyl (C=O) groups is 2. The first-order valence-electron chi connectivity index (χ1n) is 10.2. The smallest absolute Gasteiger partial charge is 0.336 e. The van der Waals surface area contributed by atoms with Gasteiger partial charge in [-0.3, -0.25) is 9.69 Å². The van der Waals surface area contributed by atoms with Crippen LogP contribution in [0, 0.1) is 5.92 Å². The summed E-state index contributed by atoms with van der Waals surface area (Å²) in [5, 5.41) is 19.9. The van der Waals surface area contributed by atoms with E-state index in [1.54, 1.807) is 0 Å². The van der Waals surface area contributed by atoms with Crippen molar-refractivity contribution < 1.29 is 29.3 Å². The normalized spacial score (nSPS) is 15.1. The Balaban J connectivity index is 2.19. The monoisotopic (exact) mass is 429 g/mol. The largest absolute Gasteiger partial charge is 0.481 e. The van der Waals surface area contributed by atoms with Crippen molar-refractivity contribution in [3.63, 3.8) is 0 Å². The average Bonchev–Trinajstić information content (AvgIpc) is 2.76. The summed E-state index contributed by atoms with van der Waals surface area (Å²) >= 11 is 0. The summed E-state index contributed by atoms with van der Waals surface area (Å²) in [4.78, 5) is 26.3. The van der Waals surface area contributed by atoms with Crippen LogP contribution < -0.4 is 4.74 Å². The summed E-state index contributed by atoms with van der Waals surface area (Å²) in [5.74, 6) is -3.05. The lowest BCUT2D eigenvalue weighted by Crippen LogP contribution is -2.51. The maximum absolute atomic E-state index is 12.3. The number of hydrogen-bond acceptors (Lipinski definition) is 5. The van der Waals surface area contributed by atoms with Crippen molar-refractivity contribution in [2.24, 2.45) is 5.92 Å². The van der Waals surface area contributed by atoms with E-state index in [0.29, 0.717) is 18.6 Å². The summed E-state index contributed by atoms with van der Waals surface area (Å²) in [7, 11) is 4.93. The van der Waals surface area contributed by atoms with Gasteiger partial charge in [-0.15, -0.1) is 0 Å². The van der Waals surface area contributed by atoms with Gasteiger partial charge in [-0.1, -0.05) is 48.5 Å². The van der Waals surface area contributed by atoms with E-state index in [-0.39, 0.29) is 12.8 Å². The number of carboxylic acid groups (broad SMARTS) is 2. The molecule has 3 unspecified atom stereocenters. The van der Waals surface area contributed by atoms with Gasteiger partial charge in [-0.25, -0.2) is 4.79 Å². The molecule has 7 heteroatoms. The first-order valence-corrected chi connectivity index (χ1v) is 10.2. The number of aliphatic carboxylic acids is 2. The molecule has 168 valence electrons. The van der Waals surface area contributed by atoms with Crippen LogP contribution >= 0.6 is 0 Å². The molecule has 0 aliphatic rings. The fraction of sp³-hybridized carbons (Fsp3) is 0.417. The van der Waals surface area contributed by atoms with Gasteiger partial charge in [0.1, 0.15) is 5.75 Å².